The van der Waals surface area contributed by atoms with Gasteiger partial charge in [-0.15, -0.1) is 0 Å². The lowest BCUT2D eigenvalue weighted by Crippen LogP contribution is -2.64. The Labute approximate surface area is 122 Å². The van der Waals surface area contributed by atoms with E-state index in [1.807, 2.05) is 30.3 Å². The molecule has 1 aromatic carbocycles. The molecule has 1 aliphatic heterocycles. The quantitative estimate of drug-likeness (QED) is 0.797. The number of nitrogens with one attached hydrogen (secondary N) is 1. The summed E-state index contributed by atoms with van der Waals surface area (Å²) in [6, 6.07) is 9.38. The number of carbonyl (C=O) groups excluding carboxylic acids is 2. The Morgan fingerprint density at radius 1 is 0.952 bits per heavy atom. The standard InChI is InChI=1S/C17H16N2O2/c20-16-14-10-6-7-11(13-8-12(10)13)15(14)17(21)19(18-16)9-4-2-1-3-5-9/h1-7,10-15H,8H2,(H,18,20)/t10-,11+,12-,13+,14+,15-/m0/s1. The number of rotatable bonds is 1. The summed E-state index contributed by atoms with van der Waals surface area (Å²) < 4.78 is 0. The van der Waals surface area contributed by atoms with Crippen LogP contribution in [0.25, 0.3) is 0 Å². The average Bonchev–Trinajstić information content (AvgIpc) is 3.33. The second-order valence-electron chi connectivity index (χ2n) is 6.64. The number of hydrogen-bond acceptors (Lipinski definition) is 2. The van der Waals surface area contributed by atoms with Crippen LogP contribution in [0.3, 0.4) is 0 Å². The normalized spacial score (nSPS) is 42.4. The van der Waals surface area contributed by atoms with E-state index in [0.29, 0.717) is 11.8 Å². The maximum Gasteiger partial charge on any atom is 0.250 e. The lowest BCUT2D eigenvalue weighted by Gasteiger charge is -2.48. The maximum absolute atomic E-state index is 12.9. The maximum atomic E-state index is 12.9. The van der Waals surface area contributed by atoms with Gasteiger partial charge in [0.25, 0.3) is 0 Å². The fraction of sp³-hybridized carbons (Fsp3) is 0.412. The van der Waals surface area contributed by atoms with Gasteiger partial charge in [-0.1, -0.05) is 30.4 Å². The Balaban J connectivity index is 1.56. The Morgan fingerprint density at radius 2 is 1.62 bits per heavy atom. The predicted octanol–water partition coefficient (Wildman–Crippen LogP) is 1.75. The molecule has 4 aliphatic carbocycles. The minimum atomic E-state index is -0.169. The van der Waals surface area contributed by atoms with Crippen molar-refractivity contribution in [2.45, 2.75) is 6.42 Å². The molecule has 2 amide bonds. The van der Waals surface area contributed by atoms with Crippen molar-refractivity contribution in [1.29, 1.82) is 0 Å². The van der Waals surface area contributed by atoms with Crippen molar-refractivity contribution >= 4 is 17.5 Å². The first-order valence-electron chi connectivity index (χ1n) is 7.63. The molecule has 1 heterocycles. The molecule has 4 heteroatoms. The third kappa shape index (κ3) is 1.40. The first-order chi connectivity index (χ1) is 10.3. The Kier molecular flexibility index (Phi) is 2.06. The SMILES string of the molecule is O=C1NN(c2ccccc2)C(=O)[C@H]2[C@@H]3C=C[C@@H]([C@@H]4C[C@H]34)[C@@H]12. The molecular formula is C17H16N2O2. The Morgan fingerprint density at radius 3 is 2.33 bits per heavy atom. The van der Waals surface area contributed by atoms with Crippen molar-refractivity contribution in [2.75, 3.05) is 5.01 Å². The summed E-state index contributed by atoms with van der Waals surface area (Å²) >= 11 is 0. The van der Waals surface area contributed by atoms with Crippen LogP contribution in [0, 0.1) is 35.5 Å². The second kappa shape index (κ2) is 3.75. The average molecular weight is 280 g/mol. The first-order valence-corrected chi connectivity index (χ1v) is 7.63. The molecule has 6 rings (SSSR count). The highest BCUT2D eigenvalue weighted by molar-refractivity contribution is 6.04. The molecule has 3 fully saturated rings. The van der Waals surface area contributed by atoms with Crippen LogP contribution >= 0.6 is 0 Å². The summed E-state index contributed by atoms with van der Waals surface area (Å²) in [5, 5.41) is 1.45. The van der Waals surface area contributed by atoms with E-state index in [2.05, 4.69) is 17.6 Å². The zero-order valence-corrected chi connectivity index (χ0v) is 11.5. The van der Waals surface area contributed by atoms with Gasteiger partial charge in [-0.3, -0.25) is 15.0 Å². The van der Waals surface area contributed by atoms with E-state index < -0.39 is 0 Å². The molecule has 21 heavy (non-hydrogen) atoms. The molecule has 0 unspecified atom stereocenters. The van der Waals surface area contributed by atoms with Crippen LogP contribution in [0.5, 0.6) is 0 Å². The van der Waals surface area contributed by atoms with E-state index in [4.69, 9.17) is 0 Å². The summed E-state index contributed by atoms with van der Waals surface area (Å²) in [5.41, 5.74) is 3.56. The van der Waals surface area contributed by atoms with Gasteiger partial charge in [-0.05, 0) is 42.2 Å². The smallest absolute Gasteiger partial charge is 0.250 e. The van der Waals surface area contributed by atoms with Gasteiger partial charge in [0.15, 0.2) is 0 Å². The van der Waals surface area contributed by atoms with Gasteiger partial charge in [0, 0.05) is 0 Å². The van der Waals surface area contributed by atoms with E-state index in [1.165, 1.54) is 11.4 Å². The highest BCUT2D eigenvalue weighted by Gasteiger charge is 2.64. The van der Waals surface area contributed by atoms with Crippen LogP contribution in [0.4, 0.5) is 5.69 Å². The van der Waals surface area contributed by atoms with Crippen LogP contribution in [0.2, 0.25) is 0 Å². The highest BCUT2D eigenvalue weighted by atomic mass is 16.2. The molecule has 0 radical (unpaired) electrons. The zero-order valence-electron chi connectivity index (χ0n) is 11.5. The molecule has 2 saturated carbocycles. The van der Waals surface area contributed by atoms with Crippen molar-refractivity contribution < 1.29 is 9.59 Å². The molecule has 106 valence electrons. The molecule has 1 aromatic rings. The van der Waals surface area contributed by atoms with Gasteiger partial charge < -0.3 is 0 Å². The van der Waals surface area contributed by atoms with Crippen molar-refractivity contribution in [1.82, 2.24) is 5.43 Å². The summed E-state index contributed by atoms with van der Waals surface area (Å²) in [4.78, 5) is 25.5. The highest BCUT2D eigenvalue weighted by Crippen LogP contribution is 2.64. The molecule has 6 atom stereocenters. The number of hydrazine groups is 1. The number of anilines is 1. The number of amides is 2. The summed E-state index contributed by atoms with van der Waals surface area (Å²) in [6.45, 7) is 0. The van der Waals surface area contributed by atoms with Gasteiger partial charge in [-0.25, -0.2) is 5.01 Å². The van der Waals surface area contributed by atoms with Crippen molar-refractivity contribution in [2.24, 2.45) is 35.5 Å². The van der Waals surface area contributed by atoms with Gasteiger partial charge >= 0.3 is 0 Å². The molecule has 0 spiro atoms. The molecule has 0 aromatic heterocycles. The third-order valence-electron chi connectivity index (χ3n) is 5.70. The van der Waals surface area contributed by atoms with Gasteiger partial charge in [0.05, 0.1) is 17.5 Å². The van der Waals surface area contributed by atoms with Gasteiger partial charge in [-0.2, -0.15) is 0 Å². The summed E-state index contributed by atoms with van der Waals surface area (Å²) in [5.74, 6) is 1.54. The number of benzene rings is 1. The topological polar surface area (TPSA) is 49.4 Å². The predicted molar refractivity (Wildman–Crippen MR) is 76.8 cm³/mol. The van der Waals surface area contributed by atoms with E-state index in [-0.39, 0.29) is 35.5 Å². The Hall–Kier alpha value is -2.10. The number of para-hydroxylation sites is 1. The fourth-order valence-electron chi connectivity index (χ4n) is 4.73. The fourth-order valence-corrected chi connectivity index (χ4v) is 4.73. The number of carbonyl (C=O) groups is 2. The lowest BCUT2D eigenvalue weighted by molar-refractivity contribution is -0.146. The number of allylic oxidation sites excluding steroid dienone is 2. The molecule has 1 N–H and O–H groups in total. The van der Waals surface area contributed by atoms with Crippen LogP contribution in [-0.4, -0.2) is 11.8 Å². The number of nitrogens with zero attached hydrogens (tertiary/aromatic N) is 1. The van der Waals surface area contributed by atoms with E-state index in [1.54, 1.807) is 0 Å². The largest absolute Gasteiger partial charge is 0.273 e. The monoisotopic (exact) mass is 280 g/mol. The Bertz CT molecular complexity index is 669. The van der Waals surface area contributed by atoms with Crippen molar-refractivity contribution in [3.63, 3.8) is 0 Å². The van der Waals surface area contributed by atoms with E-state index >= 15 is 0 Å². The molecule has 2 bridgehead atoms. The van der Waals surface area contributed by atoms with Crippen LogP contribution in [-0.2, 0) is 9.59 Å². The first kappa shape index (κ1) is 11.5. The lowest BCUT2D eigenvalue weighted by atomic mass is 9.61. The van der Waals surface area contributed by atoms with Gasteiger partial charge in [0.1, 0.15) is 0 Å². The van der Waals surface area contributed by atoms with Crippen LogP contribution in [0.15, 0.2) is 42.5 Å². The molecule has 5 aliphatic rings. The molecular weight excluding hydrogens is 264 g/mol. The van der Waals surface area contributed by atoms with Crippen molar-refractivity contribution in [3.05, 3.63) is 42.5 Å². The van der Waals surface area contributed by atoms with Crippen molar-refractivity contribution in [3.8, 4) is 0 Å². The van der Waals surface area contributed by atoms with Crippen LogP contribution in [0.1, 0.15) is 6.42 Å². The van der Waals surface area contributed by atoms with Crippen LogP contribution < -0.4 is 10.4 Å². The molecule has 1 saturated heterocycles. The molecule has 4 nitrogen and oxygen atoms in total. The zero-order chi connectivity index (χ0) is 14.1. The minimum Gasteiger partial charge on any atom is -0.273 e. The number of hydrogen-bond donors (Lipinski definition) is 1. The van der Waals surface area contributed by atoms with E-state index in [0.717, 1.165) is 5.69 Å². The minimum absolute atomic E-state index is 0.00755. The van der Waals surface area contributed by atoms with E-state index in [9.17, 15) is 9.59 Å². The third-order valence-corrected chi connectivity index (χ3v) is 5.70. The van der Waals surface area contributed by atoms with Gasteiger partial charge in [0.2, 0.25) is 11.8 Å². The summed E-state index contributed by atoms with van der Waals surface area (Å²) in [7, 11) is 0. The second-order valence-corrected chi connectivity index (χ2v) is 6.64. The summed E-state index contributed by atoms with van der Waals surface area (Å²) in [6.07, 6.45) is 5.56.